The second-order valence-electron chi connectivity index (χ2n) is 11.3. The molecule has 1 aliphatic rings. The Morgan fingerprint density at radius 1 is 1.08 bits per heavy atom. The van der Waals surface area contributed by atoms with Gasteiger partial charge in [-0.05, 0) is 50.2 Å². The molecule has 39 heavy (non-hydrogen) atoms. The number of hydrogen-bond donors (Lipinski definition) is 1. The second kappa shape index (κ2) is 10.4. The van der Waals surface area contributed by atoms with Gasteiger partial charge in [-0.3, -0.25) is 4.79 Å². The van der Waals surface area contributed by atoms with Crippen molar-refractivity contribution in [3.05, 3.63) is 88.3 Å². The normalized spacial score (nSPS) is 13.7. The van der Waals surface area contributed by atoms with Gasteiger partial charge in [-0.1, -0.05) is 74.4 Å². The van der Waals surface area contributed by atoms with Crippen LogP contribution < -0.4 is 0 Å². The van der Waals surface area contributed by atoms with Gasteiger partial charge in [0.05, 0.1) is 5.76 Å². The standard InChI is InChI=1S/C29H26NO.C5H8O2.Ir/c1-15(2)19-11-12-22-23-24-26(30-14-17(4)27(24)31-28(19)23)21-10-8-18-13-16(3)7-9-20(18)25(21)29(22,5)6;1-4(6)3-5(2)7;/h7-9,11-15H,1-6H3;3,6H,1-2H3;/q-1;;/b;4-3-;. The number of hydrogen-bond acceptors (Lipinski definition) is 4. The first-order valence-corrected chi connectivity index (χ1v) is 13.1. The Hall–Kier alpha value is -3.27. The van der Waals surface area contributed by atoms with Crippen LogP contribution in [-0.4, -0.2) is 15.9 Å². The van der Waals surface area contributed by atoms with E-state index in [0.29, 0.717) is 5.92 Å². The van der Waals surface area contributed by atoms with Crippen molar-refractivity contribution in [2.75, 3.05) is 0 Å². The van der Waals surface area contributed by atoms with Crippen molar-refractivity contribution >= 4 is 38.5 Å². The van der Waals surface area contributed by atoms with Crippen molar-refractivity contribution < 1.29 is 34.4 Å². The summed E-state index contributed by atoms with van der Waals surface area (Å²) in [5.74, 6) is 0.322. The Kier molecular flexibility index (Phi) is 7.64. The summed E-state index contributed by atoms with van der Waals surface area (Å²) in [6, 6.07) is 17.1. The fourth-order valence-electron chi connectivity index (χ4n) is 5.83. The molecule has 2 heterocycles. The summed E-state index contributed by atoms with van der Waals surface area (Å²) in [4.78, 5) is 15.0. The van der Waals surface area contributed by atoms with Crippen LogP contribution in [0.25, 0.3) is 44.0 Å². The minimum atomic E-state index is -0.222. The topological polar surface area (TPSA) is 63.3 Å². The number of aliphatic hydroxyl groups excluding tert-OH is 1. The Balaban J connectivity index is 0.000000394. The SMILES string of the molecule is CC(=O)/C=C(/C)O.Cc1ccc2c3c([c-]cc2c1)-c1ncc(C)c2oc4c(C(C)C)ccc(c4c12)C3(C)C.[Ir]. The van der Waals surface area contributed by atoms with Crippen LogP contribution in [-0.2, 0) is 30.3 Å². The third-order valence-electron chi connectivity index (χ3n) is 7.52. The number of aromatic nitrogens is 1. The molecule has 5 heteroatoms. The molecule has 0 fully saturated rings. The molecule has 0 spiro atoms. The van der Waals surface area contributed by atoms with Gasteiger partial charge in [0.15, 0.2) is 5.78 Å². The summed E-state index contributed by atoms with van der Waals surface area (Å²) in [6.07, 6.45) is 3.12. The number of fused-ring (bicyclic) bond motifs is 4. The van der Waals surface area contributed by atoms with E-state index < -0.39 is 0 Å². The number of carbonyl (C=O) groups excluding carboxylic acids is 1. The van der Waals surface area contributed by atoms with Crippen LogP contribution in [0.15, 0.2) is 58.8 Å². The molecule has 0 bridgehead atoms. The summed E-state index contributed by atoms with van der Waals surface area (Å²) < 4.78 is 6.59. The molecule has 1 radical (unpaired) electrons. The number of rotatable bonds is 2. The first kappa shape index (κ1) is 28.7. The molecular formula is C34H34IrNO3-. The number of allylic oxidation sites excluding steroid dienone is 2. The van der Waals surface area contributed by atoms with Gasteiger partial charge >= 0.3 is 0 Å². The van der Waals surface area contributed by atoms with E-state index >= 15 is 0 Å². The molecule has 4 nitrogen and oxygen atoms in total. The average molecular weight is 697 g/mol. The summed E-state index contributed by atoms with van der Waals surface area (Å²) in [5, 5.41) is 13.2. The number of aryl methyl sites for hydroxylation is 2. The molecule has 1 N–H and O–H groups in total. The zero-order valence-electron chi connectivity index (χ0n) is 23.7. The zero-order chi connectivity index (χ0) is 27.5. The second-order valence-corrected chi connectivity index (χ2v) is 11.3. The van der Waals surface area contributed by atoms with Crippen molar-refractivity contribution in [2.24, 2.45) is 0 Å². The van der Waals surface area contributed by atoms with Gasteiger partial charge in [0.1, 0.15) is 11.2 Å². The first-order valence-electron chi connectivity index (χ1n) is 13.1. The van der Waals surface area contributed by atoms with Gasteiger partial charge in [-0.25, -0.2) is 0 Å². The van der Waals surface area contributed by atoms with Gasteiger partial charge in [0.25, 0.3) is 0 Å². The molecule has 0 atom stereocenters. The van der Waals surface area contributed by atoms with Crippen LogP contribution in [0.4, 0.5) is 0 Å². The van der Waals surface area contributed by atoms with Crippen LogP contribution in [0, 0.1) is 19.9 Å². The van der Waals surface area contributed by atoms with Crippen molar-refractivity contribution in [3.8, 4) is 11.3 Å². The van der Waals surface area contributed by atoms with Crippen LogP contribution in [0.1, 0.15) is 75.3 Å². The van der Waals surface area contributed by atoms with Crippen LogP contribution >= 0.6 is 0 Å². The molecule has 6 rings (SSSR count). The van der Waals surface area contributed by atoms with Crippen molar-refractivity contribution in [1.82, 2.24) is 4.98 Å². The maximum Gasteiger partial charge on any atom is 0.155 e. The summed E-state index contributed by atoms with van der Waals surface area (Å²) in [6.45, 7) is 16.2. The van der Waals surface area contributed by atoms with Gasteiger partial charge in [0.2, 0.25) is 0 Å². The number of aliphatic hydroxyl groups is 1. The van der Waals surface area contributed by atoms with E-state index in [4.69, 9.17) is 14.5 Å². The minimum Gasteiger partial charge on any atom is -0.512 e. The molecule has 203 valence electrons. The summed E-state index contributed by atoms with van der Waals surface area (Å²) in [7, 11) is 0. The minimum absolute atomic E-state index is 0. The number of furan rings is 1. The first-order chi connectivity index (χ1) is 17.9. The zero-order valence-corrected chi connectivity index (χ0v) is 26.1. The molecule has 5 aromatic rings. The van der Waals surface area contributed by atoms with Gasteiger partial charge < -0.3 is 14.5 Å². The Morgan fingerprint density at radius 2 is 1.79 bits per heavy atom. The fourth-order valence-corrected chi connectivity index (χ4v) is 5.83. The van der Waals surface area contributed by atoms with Gasteiger partial charge in [0, 0.05) is 54.4 Å². The molecular weight excluding hydrogens is 663 g/mol. The number of carbonyl (C=O) groups is 1. The predicted octanol–water partition coefficient (Wildman–Crippen LogP) is 9.02. The molecule has 0 saturated carbocycles. The van der Waals surface area contributed by atoms with Gasteiger partial charge in [-0.2, -0.15) is 0 Å². The summed E-state index contributed by atoms with van der Waals surface area (Å²) >= 11 is 0. The molecule has 0 amide bonds. The molecule has 2 aromatic heterocycles. The Bertz CT molecular complexity index is 1790. The number of benzene rings is 3. The molecule has 0 saturated heterocycles. The van der Waals surface area contributed by atoms with E-state index in [9.17, 15) is 4.79 Å². The van der Waals surface area contributed by atoms with Crippen molar-refractivity contribution in [2.45, 2.75) is 66.7 Å². The molecule has 1 aliphatic carbocycles. The van der Waals surface area contributed by atoms with Gasteiger partial charge in [-0.15, -0.1) is 23.3 Å². The Labute approximate surface area is 243 Å². The predicted molar refractivity (Wildman–Crippen MR) is 156 cm³/mol. The smallest absolute Gasteiger partial charge is 0.155 e. The van der Waals surface area contributed by atoms with E-state index in [1.165, 1.54) is 58.3 Å². The monoisotopic (exact) mass is 697 g/mol. The van der Waals surface area contributed by atoms with E-state index in [2.05, 4.69) is 84.0 Å². The molecule has 3 aromatic carbocycles. The van der Waals surface area contributed by atoms with Crippen LogP contribution in [0.3, 0.4) is 0 Å². The van der Waals surface area contributed by atoms with E-state index in [0.717, 1.165) is 33.4 Å². The number of nitrogens with zero attached hydrogens (tertiary/aromatic N) is 1. The maximum atomic E-state index is 10.0. The molecule has 0 unspecified atom stereocenters. The van der Waals surface area contributed by atoms with E-state index in [1.807, 2.05) is 6.20 Å². The fraction of sp³-hybridized carbons (Fsp3) is 0.294. The van der Waals surface area contributed by atoms with Crippen LogP contribution in [0.5, 0.6) is 0 Å². The van der Waals surface area contributed by atoms with Crippen molar-refractivity contribution in [1.29, 1.82) is 0 Å². The third kappa shape index (κ3) is 4.73. The number of pyridine rings is 1. The van der Waals surface area contributed by atoms with Crippen LogP contribution in [0.2, 0.25) is 0 Å². The molecule has 0 aliphatic heterocycles. The number of ketones is 1. The maximum absolute atomic E-state index is 10.0. The third-order valence-corrected chi connectivity index (χ3v) is 7.52. The quantitative estimate of drug-likeness (QED) is 0.114. The van der Waals surface area contributed by atoms with E-state index in [1.54, 1.807) is 0 Å². The Morgan fingerprint density at radius 3 is 2.41 bits per heavy atom. The van der Waals surface area contributed by atoms with E-state index in [-0.39, 0.29) is 37.1 Å². The average Bonchev–Trinajstić information content (AvgIpc) is 3.20. The summed E-state index contributed by atoms with van der Waals surface area (Å²) in [5.41, 5.74) is 10.0. The van der Waals surface area contributed by atoms with Crippen molar-refractivity contribution in [3.63, 3.8) is 0 Å². The largest absolute Gasteiger partial charge is 0.512 e.